The van der Waals surface area contributed by atoms with Crippen LogP contribution in [0.15, 0.2) is 28.5 Å². The normalized spacial score (nSPS) is 12.0. The van der Waals surface area contributed by atoms with Gasteiger partial charge < -0.3 is 14.6 Å². The van der Waals surface area contributed by atoms with E-state index in [-0.39, 0.29) is 45.8 Å². The Bertz CT molecular complexity index is 709. The lowest BCUT2D eigenvalue weighted by molar-refractivity contribution is -0.138. The molecule has 0 bridgehead atoms. The fourth-order valence-electron chi connectivity index (χ4n) is 1.73. The quantitative estimate of drug-likeness (QED) is 0.318. The molecule has 0 saturated heterocycles. The number of hydrogen-bond donors (Lipinski definition) is 1. The van der Waals surface area contributed by atoms with E-state index in [1.165, 1.54) is 19.1 Å². The second-order valence-corrected chi connectivity index (χ2v) is 5.71. The van der Waals surface area contributed by atoms with Crippen molar-refractivity contribution < 1.29 is 24.2 Å². The molecule has 136 valence electrons. The third kappa shape index (κ3) is 6.07. The molecule has 1 aromatic carbocycles. The molecule has 6 nitrogen and oxygen atoms in total. The Morgan fingerprint density at radius 2 is 1.92 bits per heavy atom. The van der Waals surface area contributed by atoms with Gasteiger partial charge in [0.2, 0.25) is 0 Å². The number of nitrogens with zero attached hydrogens (tertiary/aromatic N) is 1. The topological polar surface area (TPSA) is 85.2 Å². The number of carbonyl (C=O) groups excluding carboxylic acids is 2. The summed E-state index contributed by atoms with van der Waals surface area (Å²) in [5.41, 5.74) is 0.0874. The van der Waals surface area contributed by atoms with Crippen LogP contribution in [-0.2, 0) is 14.3 Å². The Balaban J connectivity index is 3.20. The molecule has 25 heavy (non-hydrogen) atoms. The van der Waals surface area contributed by atoms with Gasteiger partial charge in [0.05, 0.1) is 29.5 Å². The molecule has 0 aliphatic carbocycles. The van der Waals surface area contributed by atoms with Crippen LogP contribution in [0.3, 0.4) is 0 Å². The number of hydrogen-bond acceptors (Lipinski definition) is 6. The predicted octanol–water partition coefficient (Wildman–Crippen LogP) is 4.66. The monoisotopic (exact) mass is 387 g/mol. The summed E-state index contributed by atoms with van der Waals surface area (Å²) in [7, 11) is 0. The fraction of sp³-hybridized carbons (Fsp3) is 0.353. The largest absolute Gasteiger partial charge is 0.512 e. The molecule has 0 heterocycles. The van der Waals surface area contributed by atoms with Gasteiger partial charge in [-0.25, -0.2) is 9.59 Å². The molecular formula is C17H19Cl2NO5. The number of esters is 2. The summed E-state index contributed by atoms with van der Waals surface area (Å²) in [6.45, 7) is 5.24. The first-order valence-corrected chi connectivity index (χ1v) is 8.34. The highest BCUT2D eigenvalue weighted by Gasteiger charge is 2.17. The first-order chi connectivity index (χ1) is 11.8. The standard InChI is InChI=1S/C17H19Cl2NO5/c1-4-6-25-17(23)13(10(3)21)9-20-14-8-11(18)7-12(15(14)19)16(22)24-5-2/h7-9,21H,4-6H2,1-3H3. The number of allylic oxidation sites excluding steroid dienone is 1. The van der Waals surface area contributed by atoms with Crippen LogP contribution in [0.1, 0.15) is 37.6 Å². The van der Waals surface area contributed by atoms with Gasteiger partial charge >= 0.3 is 11.9 Å². The lowest BCUT2D eigenvalue weighted by atomic mass is 10.2. The minimum atomic E-state index is -0.714. The van der Waals surface area contributed by atoms with Crippen LogP contribution in [0, 0.1) is 0 Å². The van der Waals surface area contributed by atoms with Gasteiger partial charge in [0.1, 0.15) is 11.3 Å². The van der Waals surface area contributed by atoms with E-state index in [4.69, 9.17) is 32.7 Å². The molecule has 0 aliphatic heterocycles. The average Bonchev–Trinajstić information content (AvgIpc) is 2.55. The Hall–Kier alpha value is -2.05. The molecule has 1 rings (SSSR count). The van der Waals surface area contributed by atoms with Crippen LogP contribution in [-0.4, -0.2) is 36.5 Å². The predicted molar refractivity (Wildman–Crippen MR) is 97.1 cm³/mol. The zero-order valence-electron chi connectivity index (χ0n) is 14.1. The molecule has 1 N–H and O–H groups in total. The summed E-state index contributed by atoms with van der Waals surface area (Å²) in [5.74, 6) is -1.61. The Kier molecular flexibility index (Phi) is 8.45. The van der Waals surface area contributed by atoms with Gasteiger partial charge in [-0.2, -0.15) is 0 Å². The SMILES string of the molecule is CCCOC(=O)C(C=Nc1cc(Cl)cc(C(=O)OCC)c1Cl)=C(C)O. The van der Waals surface area contributed by atoms with Crippen molar-refractivity contribution in [1.29, 1.82) is 0 Å². The maximum Gasteiger partial charge on any atom is 0.343 e. The van der Waals surface area contributed by atoms with Crippen molar-refractivity contribution in [2.24, 2.45) is 4.99 Å². The van der Waals surface area contributed by atoms with E-state index in [1.807, 2.05) is 6.92 Å². The van der Waals surface area contributed by atoms with E-state index in [1.54, 1.807) is 6.92 Å². The summed E-state index contributed by atoms with van der Waals surface area (Å²) >= 11 is 12.2. The number of aliphatic hydroxyl groups excluding tert-OH is 1. The van der Waals surface area contributed by atoms with Gasteiger partial charge in [0, 0.05) is 11.2 Å². The van der Waals surface area contributed by atoms with Crippen LogP contribution in [0.25, 0.3) is 0 Å². The first kappa shape index (κ1) is 21.0. The lowest BCUT2D eigenvalue weighted by Gasteiger charge is -2.08. The van der Waals surface area contributed by atoms with E-state index >= 15 is 0 Å². The molecule has 0 atom stereocenters. The molecule has 1 aromatic rings. The molecule has 0 radical (unpaired) electrons. The van der Waals surface area contributed by atoms with E-state index in [0.29, 0.717) is 6.42 Å². The molecule has 0 unspecified atom stereocenters. The molecule has 0 aromatic heterocycles. The van der Waals surface area contributed by atoms with Gasteiger partial charge in [-0.3, -0.25) is 4.99 Å². The highest BCUT2D eigenvalue weighted by Crippen LogP contribution is 2.33. The van der Waals surface area contributed by atoms with Crippen LogP contribution in [0.2, 0.25) is 10.0 Å². The molecule has 8 heteroatoms. The Labute approximate surface area is 156 Å². The smallest absolute Gasteiger partial charge is 0.343 e. The number of rotatable bonds is 7. The van der Waals surface area contributed by atoms with Gasteiger partial charge in [0.25, 0.3) is 0 Å². The maximum atomic E-state index is 11.9. The molecular weight excluding hydrogens is 369 g/mol. The minimum Gasteiger partial charge on any atom is -0.512 e. The van der Waals surface area contributed by atoms with E-state index in [2.05, 4.69) is 4.99 Å². The second-order valence-electron chi connectivity index (χ2n) is 4.90. The van der Waals surface area contributed by atoms with Crippen molar-refractivity contribution in [2.45, 2.75) is 27.2 Å². The number of halogens is 2. The summed E-state index contributed by atoms with van der Waals surface area (Å²) in [6.07, 6.45) is 1.75. The third-order valence-corrected chi connectivity index (χ3v) is 3.51. The summed E-state index contributed by atoms with van der Waals surface area (Å²) in [6, 6.07) is 2.79. The van der Waals surface area contributed by atoms with Crippen molar-refractivity contribution >= 4 is 47.0 Å². The highest BCUT2D eigenvalue weighted by molar-refractivity contribution is 6.38. The molecule has 0 saturated carbocycles. The van der Waals surface area contributed by atoms with Crippen molar-refractivity contribution in [3.63, 3.8) is 0 Å². The van der Waals surface area contributed by atoms with Crippen LogP contribution in [0.4, 0.5) is 5.69 Å². The summed E-state index contributed by atoms with van der Waals surface area (Å²) in [5, 5.41) is 9.90. The Morgan fingerprint density at radius 1 is 1.24 bits per heavy atom. The van der Waals surface area contributed by atoms with Crippen molar-refractivity contribution in [3.8, 4) is 0 Å². The summed E-state index contributed by atoms with van der Waals surface area (Å²) in [4.78, 5) is 27.9. The average molecular weight is 388 g/mol. The number of aliphatic imine (C=N–C) groups is 1. The molecule has 0 aliphatic rings. The minimum absolute atomic E-state index is 0.0240. The maximum absolute atomic E-state index is 11.9. The number of benzene rings is 1. The second kappa shape index (κ2) is 10.1. The third-order valence-electron chi connectivity index (χ3n) is 2.89. The van der Waals surface area contributed by atoms with E-state index in [9.17, 15) is 14.7 Å². The number of aliphatic hydroxyl groups is 1. The van der Waals surface area contributed by atoms with Crippen LogP contribution >= 0.6 is 23.2 Å². The van der Waals surface area contributed by atoms with Gasteiger partial charge in [0.15, 0.2) is 0 Å². The zero-order chi connectivity index (χ0) is 19.0. The fourth-order valence-corrected chi connectivity index (χ4v) is 2.17. The van der Waals surface area contributed by atoms with Crippen LogP contribution in [0.5, 0.6) is 0 Å². The van der Waals surface area contributed by atoms with Gasteiger partial charge in [-0.15, -0.1) is 0 Å². The molecule has 0 amide bonds. The van der Waals surface area contributed by atoms with Crippen molar-refractivity contribution in [2.75, 3.05) is 13.2 Å². The lowest BCUT2D eigenvalue weighted by Crippen LogP contribution is -2.11. The first-order valence-electron chi connectivity index (χ1n) is 7.58. The summed E-state index contributed by atoms with van der Waals surface area (Å²) < 4.78 is 9.88. The van der Waals surface area contributed by atoms with E-state index in [0.717, 1.165) is 6.21 Å². The Morgan fingerprint density at radius 3 is 2.48 bits per heavy atom. The van der Waals surface area contributed by atoms with Crippen molar-refractivity contribution in [3.05, 3.63) is 39.1 Å². The zero-order valence-corrected chi connectivity index (χ0v) is 15.6. The van der Waals surface area contributed by atoms with Gasteiger partial charge in [-0.1, -0.05) is 30.1 Å². The number of ether oxygens (including phenoxy) is 2. The van der Waals surface area contributed by atoms with Gasteiger partial charge in [-0.05, 0) is 32.4 Å². The van der Waals surface area contributed by atoms with Crippen molar-refractivity contribution in [1.82, 2.24) is 0 Å². The van der Waals surface area contributed by atoms with E-state index < -0.39 is 11.9 Å². The highest BCUT2D eigenvalue weighted by atomic mass is 35.5. The van der Waals surface area contributed by atoms with Crippen LogP contribution < -0.4 is 0 Å². The number of carbonyl (C=O) groups is 2. The molecule has 0 spiro atoms. The molecule has 0 fully saturated rings.